The minimum Gasteiger partial charge on any atom is -0.286 e. The molecule has 6 rings (SSSR count). The summed E-state index contributed by atoms with van der Waals surface area (Å²) in [5.74, 6) is 0.543. The van der Waals surface area contributed by atoms with Gasteiger partial charge in [0.15, 0.2) is 0 Å². The molecule has 4 nitrogen and oxygen atoms in total. The van der Waals surface area contributed by atoms with E-state index in [0.717, 1.165) is 18.5 Å². The van der Waals surface area contributed by atoms with Crippen LogP contribution in [0.5, 0.6) is 0 Å². The van der Waals surface area contributed by atoms with Crippen LogP contribution in [0, 0.1) is 5.92 Å². The first-order chi connectivity index (χ1) is 20.9. The Morgan fingerprint density at radius 2 is 1.19 bits per heavy atom. The molecule has 1 N–H and O–H groups in total. The van der Waals surface area contributed by atoms with Gasteiger partial charge in [0, 0.05) is 17.7 Å². The molecule has 0 saturated heterocycles. The Kier molecular flexibility index (Phi) is 20.4. The van der Waals surface area contributed by atoms with Gasteiger partial charge < -0.3 is 0 Å². The molecule has 4 heteroatoms. The predicted molar refractivity (Wildman–Crippen MR) is 185 cm³/mol. The van der Waals surface area contributed by atoms with Crippen molar-refractivity contribution in [3.63, 3.8) is 0 Å². The van der Waals surface area contributed by atoms with Crippen molar-refractivity contribution in [1.82, 2.24) is 15.6 Å². The highest BCUT2D eigenvalue weighted by molar-refractivity contribution is 6.04. The third-order valence-electron chi connectivity index (χ3n) is 7.21. The summed E-state index contributed by atoms with van der Waals surface area (Å²) in [4.78, 5) is 0. The lowest BCUT2D eigenvalue weighted by molar-refractivity contribution is 0.650. The number of rotatable bonds is 2. The summed E-state index contributed by atoms with van der Waals surface area (Å²) in [7, 11) is 0. The van der Waals surface area contributed by atoms with E-state index in [2.05, 4.69) is 81.5 Å². The Morgan fingerprint density at radius 1 is 0.619 bits per heavy atom. The smallest absolute Gasteiger partial charge is 0.0964 e. The van der Waals surface area contributed by atoms with Crippen molar-refractivity contribution in [1.29, 1.82) is 0 Å². The van der Waals surface area contributed by atoms with Gasteiger partial charge in [-0.25, -0.2) is 0 Å². The summed E-state index contributed by atoms with van der Waals surface area (Å²) >= 11 is 0. The van der Waals surface area contributed by atoms with E-state index in [0.29, 0.717) is 5.92 Å². The van der Waals surface area contributed by atoms with Crippen LogP contribution in [0.2, 0.25) is 0 Å². The topological polar surface area (TPSA) is 50.2 Å². The number of hydrazone groups is 1. The first-order valence-electron chi connectivity index (χ1n) is 16.9. The molecule has 2 heterocycles. The van der Waals surface area contributed by atoms with Crippen molar-refractivity contribution in [3.05, 3.63) is 95.3 Å². The molecule has 1 atom stereocenters. The summed E-state index contributed by atoms with van der Waals surface area (Å²) in [6.07, 6.45) is 16.7. The van der Waals surface area contributed by atoms with E-state index in [1.54, 1.807) is 0 Å². The number of hydrogen-bond acceptors (Lipinski definition) is 4. The maximum atomic E-state index is 4.52. The van der Waals surface area contributed by atoms with Crippen molar-refractivity contribution in [2.24, 2.45) is 11.0 Å². The summed E-state index contributed by atoms with van der Waals surface area (Å²) in [6.45, 7) is 16.0. The fourth-order valence-electron chi connectivity index (χ4n) is 5.40. The fourth-order valence-corrected chi connectivity index (χ4v) is 5.40. The standard InChI is InChI=1S/C15H18N2.C15H16N2.4C2H6/c2*1-3-7-12(8-4-1)15-14-10-6-2-5-9-13(14)11-16-17-15;4*1-2/h1,3-4,7-8,11,14,16H,2,5-6,9-10H2;1,3-4,7-8,11H,2,5-6,9-10H2;4*1-2H3. The van der Waals surface area contributed by atoms with Gasteiger partial charge in [-0.2, -0.15) is 15.3 Å². The molecule has 0 bridgehead atoms. The Labute approximate surface area is 258 Å². The number of aryl methyl sites for hydroxylation is 1. The third-order valence-corrected chi connectivity index (χ3v) is 7.21. The van der Waals surface area contributed by atoms with Gasteiger partial charge >= 0.3 is 0 Å². The van der Waals surface area contributed by atoms with Crippen LogP contribution in [0.15, 0.2) is 83.7 Å². The number of nitrogens with one attached hydrogen (secondary N) is 1. The minimum absolute atomic E-state index is 0.543. The molecule has 1 fully saturated rings. The van der Waals surface area contributed by atoms with Crippen LogP contribution in [0.4, 0.5) is 0 Å². The van der Waals surface area contributed by atoms with Gasteiger partial charge in [0.25, 0.3) is 0 Å². The maximum Gasteiger partial charge on any atom is 0.0964 e. The van der Waals surface area contributed by atoms with Crippen LogP contribution in [0.25, 0.3) is 11.3 Å². The molecule has 230 valence electrons. The van der Waals surface area contributed by atoms with E-state index in [4.69, 9.17) is 0 Å². The van der Waals surface area contributed by atoms with Crippen LogP contribution in [0.1, 0.15) is 123 Å². The Morgan fingerprint density at radius 3 is 1.86 bits per heavy atom. The molecule has 42 heavy (non-hydrogen) atoms. The van der Waals surface area contributed by atoms with E-state index >= 15 is 0 Å². The molecule has 1 unspecified atom stereocenters. The van der Waals surface area contributed by atoms with E-state index in [1.165, 1.54) is 84.9 Å². The summed E-state index contributed by atoms with van der Waals surface area (Å²) in [6, 6.07) is 21.0. The van der Waals surface area contributed by atoms with Gasteiger partial charge in [-0.1, -0.05) is 135 Å². The lowest BCUT2D eigenvalue weighted by Crippen LogP contribution is -2.25. The molecular formula is C38H58N4. The van der Waals surface area contributed by atoms with Crippen LogP contribution in [0.3, 0.4) is 0 Å². The SMILES string of the molecule is C1=C2CCCCCC2C(c2ccccc2)=NN1.CC.CC.CC.CC.c1ccc(-c2nncc3c2CCCCC3)cc1. The summed E-state index contributed by atoms with van der Waals surface area (Å²) in [5, 5.41) is 13.0. The van der Waals surface area contributed by atoms with Crippen LogP contribution >= 0.6 is 0 Å². The molecular weight excluding hydrogens is 512 g/mol. The molecule has 0 spiro atoms. The molecule has 1 aliphatic heterocycles. The molecule has 2 aromatic carbocycles. The second-order valence-corrected chi connectivity index (χ2v) is 9.49. The second kappa shape index (κ2) is 23.3. The molecule has 3 aliphatic rings. The zero-order valence-electron chi connectivity index (χ0n) is 27.9. The van der Waals surface area contributed by atoms with Gasteiger partial charge in [0.05, 0.1) is 17.6 Å². The number of allylic oxidation sites excluding steroid dienone is 1. The van der Waals surface area contributed by atoms with Crippen molar-refractivity contribution in [2.45, 2.75) is 120 Å². The summed E-state index contributed by atoms with van der Waals surface area (Å²) in [5.41, 5.74) is 12.2. The Bertz CT molecular complexity index is 1140. The highest BCUT2D eigenvalue weighted by Gasteiger charge is 2.26. The van der Waals surface area contributed by atoms with Crippen LogP contribution in [-0.4, -0.2) is 15.9 Å². The lowest BCUT2D eigenvalue weighted by Gasteiger charge is -2.24. The largest absolute Gasteiger partial charge is 0.286 e. The van der Waals surface area contributed by atoms with Gasteiger partial charge in [-0.3, -0.25) is 5.43 Å². The number of hydrogen-bond donors (Lipinski definition) is 1. The number of aromatic nitrogens is 2. The van der Waals surface area contributed by atoms with Crippen LogP contribution in [-0.2, 0) is 12.8 Å². The Balaban J connectivity index is 0.000000340. The van der Waals surface area contributed by atoms with Gasteiger partial charge in [0.2, 0.25) is 0 Å². The molecule has 0 radical (unpaired) electrons. The average molecular weight is 571 g/mol. The molecule has 2 aliphatic carbocycles. The molecule has 1 aromatic heterocycles. The number of nitrogens with zero attached hydrogens (tertiary/aromatic N) is 3. The zero-order chi connectivity index (χ0) is 31.0. The highest BCUT2D eigenvalue weighted by atomic mass is 15.3. The summed E-state index contributed by atoms with van der Waals surface area (Å²) < 4.78 is 0. The minimum atomic E-state index is 0.543. The van der Waals surface area contributed by atoms with E-state index < -0.39 is 0 Å². The van der Waals surface area contributed by atoms with Crippen molar-refractivity contribution in [3.8, 4) is 11.3 Å². The lowest BCUT2D eigenvalue weighted by atomic mass is 9.86. The van der Waals surface area contributed by atoms with Gasteiger partial charge in [-0.05, 0) is 67.2 Å². The quantitative estimate of drug-likeness (QED) is 0.312. The third kappa shape index (κ3) is 11.2. The van der Waals surface area contributed by atoms with Crippen molar-refractivity contribution in [2.75, 3.05) is 0 Å². The van der Waals surface area contributed by atoms with Gasteiger partial charge in [-0.15, -0.1) is 0 Å². The van der Waals surface area contributed by atoms with E-state index in [9.17, 15) is 0 Å². The van der Waals surface area contributed by atoms with Gasteiger partial charge in [0.1, 0.15) is 0 Å². The second-order valence-electron chi connectivity index (χ2n) is 9.49. The number of fused-ring (bicyclic) bond motifs is 2. The van der Waals surface area contributed by atoms with Crippen LogP contribution < -0.4 is 5.43 Å². The monoisotopic (exact) mass is 570 g/mol. The zero-order valence-corrected chi connectivity index (χ0v) is 27.9. The average Bonchev–Trinajstić information content (AvgIpc) is 3.50. The van der Waals surface area contributed by atoms with E-state index in [-0.39, 0.29) is 0 Å². The Hall–Kier alpha value is -3.27. The molecule has 1 saturated carbocycles. The van der Waals surface area contributed by atoms with E-state index in [1.807, 2.05) is 67.7 Å². The normalized spacial score (nSPS) is 16.3. The first kappa shape index (κ1) is 36.8. The predicted octanol–water partition coefficient (Wildman–Crippen LogP) is 11.0. The molecule has 0 amide bonds. The van der Waals surface area contributed by atoms with Crippen molar-refractivity contribution >= 4 is 5.71 Å². The maximum absolute atomic E-state index is 4.52. The number of benzene rings is 2. The first-order valence-corrected chi connectivity index (χ1v) is 16.9. The fraction of sp³-hybridized carbons (Fsp3) is 0.500. The molecule has 3 aromatic rings. The van der Waals surface area contributed by atoms with Crippen molar-refractivity contribution < 1.29 is 0 Å². The highest BCUT2D eigenvalue weighted by Crippen LogP contribution is 2.32.